The van der Waals surface area contributed by atoms with E-state index in [0.29, 0.717) is 16.5 Å². The smallest absolute Gasteiger partial charge is 0.248 e. The van der Waals surface area contributed by atoms with E-state index < -0.39 is 0 Å². The number of carbonyl (C=O) groups excluding carboxylic acids is 1. The van der Waals surface area contributed by atoms with Gasteiger partial charge in [-0.25, -0.2) is 0 Å². The first-order chi connectivity index (χ1) is 10.1. The van der Waals surface area contributed by atoms with Crippen molar-refractivity contribution < 1.29 is 9.53 Å². The molecule has 0 heterocycles. The average molecular weight is 367 g/mol. The zero-order valence-electron chi connectivity index (χ0n) is 11.3. The van der Waals surface area contributed by atoms with Crippen LogP contribution in [0.25, 0.3) is 6.08 Å². The number of amides is 1. The van der Waals surface area contributed by atoms with Crippen LogP contribution < -0.4 is 10.1 Å². The molecule has 2 aromatic carbocycles. The summed E-state index contributed by atoms with van der Waals surface area (Å²) in [6, 6.07) is 12.6. The molecule has 0 spiro atoms. The molecule has 0 atom stereocenters. The quantitative estimate of drug-likeness (QED) is 0.792. The zero-order chi connectivity index (χ0) is 15.2. The normalized spacial score (nSPS) is 10.6. The lowest BCUT2D eigenvalue weighted by Crippen LogP contribution is -2.07. The lowest BCUT2D eigenvalue weighted by Gasteiger charge is -2.06. The van der Waals surface area contributed by atoms with Crippen molar-refractivity contribution in [3.63, 3.8) is 0 Å². The maximum absolute atomic E-state index is 11.8. The van der Waals surface area contributed by atoms with Gasteiger partial charge in [-0.15, -0.1) is 0 Å². The van der Waals surface area contributed by atoms with E-state index in [1.807, 2.05) is 12.1 Å². The second-order valence-electron chi connectivity index (χ2n) is 4.22. The highest BCUT2D eigenvalue weighted by Crippen LogP contribution is 2.27. The Hall–Kier alpha value is -1.78. The maximum atomic E-state index is 11.8. The number of nitrogens with one attached hydrogen (secondary N) is 1. The highest BCUT2D eigenvalue weighted by Gasteiger charge is 2.03. The third-order valence-corrected chi connectivity index (χ3v) is 3.59. The van der Waals surface area contributed by atoms with Crippen LogP contribution in [0, 0.1) is 0 Å². The van der Waals surface area contributed by atoms with E-state index >= 15 is 0 Å². The minimum absolute atomic E-state index is 0.206. The van der Waals surface area contributed by atoms with Gasteiger partial charge >= 0.3 is 0 Å². The van der Waals surface area contributed by atoms with Crippen LogP contribution in [0.2, 0.25) is 5.02 Å². The Morgan fingerprint density at radius 1 is 1.24 bits per heavy atom. The van der Waals surface area contributed by atoms with Gasteiger partial charge < -0.3 is 10.1 Å². The molecule has 0 radical (unpaired) electrons. The minimum Gasteiger partial charge on any atom is -0.496 e. The molecule has 3 nitrogen and oxygen atoms in total. The summed E-state index contributed by atoms with van der Waals surface area (Å²) in [5.74, 6) is 0.506. The Morgan fingerprint density at radius 3 is 2.57 bits per heavy atom. The first-order valence-corrected chi connectivity index (χ1v) is 7.34. The summed E-state index contributed by atoms with van der Waals surface area (Å²) < 4.78 is 5.92. The number of hydrogen-bond donors (Lipinski definition) is 1. The number of benzene rings is 2. The predicted molar refractivity (Wildman–Crippen MR) is 89.8 cm³/mol. The summed E-state index contributed by atoms with van der Waals surface area (Å²) in [6.07, 6.45) is 3.20. The molecule has 1 N–H and O–H groups in total. The molecule has 2 rings (SSSR count). The molecule has 21 heavy (non-hydrogen) atoms. The summed E-state index contributed by atoms with van der Waals surface area (Å²) in [7, 11) is 1.59. The van der Waals surface area contributed by atoms with Crippen molar-refractivity contribution in [1.82, 2.24) is 0 Å². The highest BCUT2D eigenvalue weighted by molar-refractivity contribution is 9.10. The molecule has 108 valence electrons. The first-order valence-electron chi connectivity index (χ1n) is 6.16. The van der Waals surface area contributed by atoms with E-state index in [0.717, 1.165) is 10.0 Å². The van der Waals surface area contributed by atoms with E-state index in [-0.39, 0.29) is 5.91 Å². The lowest BCUT2D eigenvalue weighted by molar-refractivity contribution is -0.111. The van der Waals surface area contributed by atoms with Gasteiger partial charge in [0.2, 0.25) is 5.91 Å². The SMILES string of the molecule is COc1ccc(NC(=O)/C=C/c2ccc(Cl)cc2)cc1Br. The number of methoxy groups -OCH3 is 1. The van der Waals surface area contributed by atoms with Crippen LogP contribution >= 0.6 is 27.5 Å². The third kappa shape index (κ3) is 4.62. The van der Waals surface area contributed by atoms with Gasteiger partial charge in [-0.3, -0.25) is 4.79 Å². The molecule has 0 unspecified atom stereocenters. The Balaban J connectivity index is 2.01. The summed E-state index contributed by atoms with van der Waals surface area (Å²) in [5.41, 5.74) is 1.60. The average Bonchev–Trinajstić information content (AvgIpc) is 2.47. The molecule has 0 aromatic heterocycles. The number of hydrogen-bond acceptors (Lipinski definition) is 2. The van der Waals surface area contributed by atoms with Gasteiger partial charge in [0.05, 0.1) is 11.6 Å². The fraction of sp³-hybridized carbons (Fsp3) is 0.0625. The van der Waals surface area contributed by atoms with Crippen LogP contribution in [-0.2, 0) is 4.79 Å². The zero-order valence-corrected chi connectivity index (χ0v) is 13.6. The van der Waals surface area contributed by atoms with Gasteiger partial charge in [-0.1, -0.05) is 23.7 Å². The summed E-state index contributed by atoms with van der Waals surface area (Å²) in [6.45, 7) is 0. The third-order valence-electron chi connectivity index (χ3n) is 2.72. The topological polar surface area (TPSA) is 38.3 Å². The molecular weight excluding hydrogens is 354 g/mol. The van der Waals surface area contributed by atoms with Gasteiger partial charge in [0.15, 0.2) is 0 Å². The van der Waals surface area contributed by atoms with Gasteiger partial charge in [0, 0.05) is 16.8 Å². The molecule has 0 fully saturated rings. The van der Waals surface area contributed by atoms with Crippen LogP contribution in [0.4, 0.5) is 5.69 Å². The summed E-state index contributed by atoms with van der Waals surface area (Å²) >= 11 is 9.18. The minimum atomic E-state index is -0.206. The Morgan fingerprint density at radius 2 is 1.95 bits per heavy atom. The van der Waals surface area contributed by atoms with E-state index in [1.165, 1.54) is 6.08 Å². The molecule has 0 aliphatic heterocycles. The molecule has 0 saturated heterocycles. The van der Waals surface area contributed by atoms with Crippen LogP contribution in [0.3, 0.4) is 0 Å². The van der Waals surface area contributed by atoms with Crippen molar-refractivity contribution in [3.05, 3.63) is 63.6 Å². The van der Waals surface area contributed by atoms with Crippen molar-refractivity contribution in [1.29, 1.82) is 0 Å². The largest absolute Gasteiger partial charge is 0.496 e. The van der Waals surface area contributed by atoms with Gasteiger partial charge in [-0.05, 0) is 57.9 Å². The number of anilines is 1. The summed E-state index contributed by atoms with van der Waals surface area (Å²) in [5, 5.41) is 3.44. The maximum Gasteiger partial charge on any atom is 0.248 e. The number of ether oxygens (including phenoxy) is 1. The monoisotopic (exact) mass is 365 g/mol. The second kappa shape index (κ2) is 7.29. The molecule has 0 saturated carbocycles. The molecule has 0 aliphatic carbocycles. The fourth-order valence-electron chi connectivity index (χ4n) is 1.67. The predicted octanol–water partition coefficient (Wildman–Crippen LogP) is 4.76. The van der Waals surface area contributed by atoms with Crippen molar-refractivity contribution >= 4 is 45.2 Å². The molecule has 1 amide bonds. The van der Waals surface area contributed by atoms with Crippen molar-refractivity contribution in [2.24, 2.45) is 0 Å². The summed E-state index contributed by atoms with van der Waals surface area (Å²) in [4.78, 5) is 11.8. The Labute approximate surface area is 136 Å². The molecule has 5 heteroatoms. The van der Waals surface area contributed by atoms with Crippen molar-refractivity contribution in [2.45, 2.75) is 0 Å². The van der Waals surface area contributed by atoms with Crippen molar-refractivity contribution in [2.75, 3.05) is 12.4 Å². The van der Waals surface area contributed by atoms with Gasteiger partial charge in [0.25, 0.3) is 0 Å². The van der Waals surface area contributed by atoms with E-state index in [1.54, 1.807) is 43.5 Å². The standard InChI is InChI=1S/C16H13BrClNO2/c1-21-15-8-7-13(10-14(15)17)19-16(20)9-4-11-2-5-12(18)6-3-11/h2-10H,1H3,(H,19,20)/b9-4+. The molecular formula is C16H13BrClNO2. The van der Waals surface area contributed by atoms with E-state index in [2.05, 4.69) is 21.2 Å². The van der Waals surface area contributed by atoms with Crippen LogP contribution in [-0.4, -0.2) is 13.0 Å². The Bertz CT molecular complexity index is 668. The first kappa shape index (κ1) is 15.6. The number of halogens is 2. The number of carbonyl (C=O) groups is 1. The highest BCUT2D eigenvalue weighted by atomic mass is 79.9. The lowest BCUT2D eigenvalue weighted by atomic mass is 10.2. The fourth-order valence-corrected chi connectivity index (χ4v) is 2.34. The van der Waals surface area contributed by atoms with Crippen LogP contribution in [0.5, 0.6) is 5.75 Å². The second-order valence-corrected chi connectivity index (χ2v) is 5.51. The van der Waals surface area contributed by atoms with Crippen LogP contribution in [0.1, 0.15) is 5.56 Å². The van der Waals surface area contributed by atoms with E-state index in [9.17, 15) is 4.79 Å². The van der Waals surface area contributed by atoms with E-state index in [4.69, 9.17) is 16.3 Å². The Kier molecular flexibility index (Phi) is 5.42. The van der Waals surface area contributed by atoms with Gasteiger partial charge in [0.1, 0.15) is 5.75 Å². The van der Waals surface area contributed by atoms with Crippen LogP contribution in [0.15, 0.2) is 53.0 Å². The molecule has 2 aromatic rings. The van der Waals surface area contributed by atoms with Crippen molar-refractivity contribution in [3.8, 4) is 5.75 Å². The molecule has 0 aliphatic rings. The molecule has 0 bridgehead atoms. The van der Waals surface area contributed by atoms with Gasteiger partial charge in [-0.2, -0.15) is 0 Å². The number of rotatable bonds is 4.